The van der Waals surface area contributed by atoms with Crippen molar-refractivity contribution in [1.29, 1.82) is 0 Å². The van der Waals surface area contributed by atoms with Crippen LogP contribution in [0.4, 0.5) is 0 Å². The zero-order valence-electron chi connectivity index (χ0n) is 24.4. The quantitative estimate of drug-likeness (QED) is 0.276. The molecule has 0 radical (unpaired) electrons. The van der Waals surface area contributed by atoms with Crippen molar-refractivity contribution < 1.29 is 19.0 Å². The van der Waals surface area contributed by atoms with Crippen LogP contribution in [0.15, 0.2) is 0 Å². The second-order valence-corrected chi connectivity index (χ2v) is 15.0. The Kier molecular flexibility index (Phi) is 7.04. The molecule has 6 rings (SSSR count). The van der Waals surface area contributed by atoms with Crippen LogP contribution in [0.1, 0.15) is 125 Å². The summed E-state index contributed by atoms with van der Waals surface area (Å²) >= 11 is 0. The molecule has 0 aromatic carbocycles. The first kappa shape index (κ1) is 26.6. The van der Waals surface area contributed by atoms with Gasteiger partial charge in [-0.1, -0.05) is 47.5 Å². The summed E-state index contributed by atoms with van der Waals surface area (Å²) in [6, 6.07) is 0. The molecule has 210 valence electrons. The van der Waals surface area contributed by atoms with E-state index >= 15 is 0 Å². The summed E-state index contributed by atoms with van der Waals surface area (Å²) in [6.45, 7) is 13.1. The lowest BCUT2D eigenvalue weighted by molar-refractivity contribution is -0.273. The Morgan fingerprint density at radius 1 is 0.919 bits per heavy atom. The third-order valence-corrected chi connectivity index (χ3v) is 13.2. The molecule has 4 aliphatic carbocycles. The first-order valence-electron chi connectivity index (χ1n) is 16.2. The fourth-order valence-corrected chi connectivity index (χ4v) is 11.1. The van der Waals surface area contributed by atoms with Gasteiger partial charge in [0.2, 0.25) is 0 Å². The van der Waals surface area contributed by atoms with Crippen LogP contribution in [-0.4, -0.2) is 30.6 Å². The van der Waals surface area contributed by atoms with Crippen molar-refractivity contribution >= 4 is 5.97 Å². The summed E-state index contributed by atoms with van der Waals surface area (Å²) in [7, 11) is 0. The van der Waals surface area contributed by atoms with Gasteiger partial charge in [0.05, 0.1) is 12.7 Å². The lowest BCUT2D eigenvalue weighted by Gasteiger charge is -2.61. The van der Waals surface area contributed by atoms with E-state index < -0.39 is 0 Å². The van der Waals surface area contributed by atoms with E-state index in [1.165, 1.54) is 44.9 Å². The number of ether oxygens (including phenoxy) is 3. The number of hydrogen-bond acceptors (Lipinski definition) is 4. The molecule has 4 heteroatoms. The van der Waals surface area contributed by atoms with Crippen LogP contribution in [0.3, 0.4) is 0 Å². The minimum Gasteiger partial charge on any atom is -0.462 e. The smallest absolute Gasteiger partial charge is 0.306 e. The first-order chi connectivity index (χ1) is 17.7. The molecule has 12 atom stereocenters. The molecule has 37 heavy (non-hydrogen) atoms. The van der Waals surface area contributed by atoms with Gasteiger partial charge in [-0.2, -0.15) is 0 Å². The molecule has 1 spiro atoms. The van der Waals surface area contributed by atoms with E-state index in [1.54, 1.807) is 0 Å². The summed E-state index contributed by atoms with van der Waals surface area (Å²) in [5, 5.41) is 0. The van der Waals surface area contributed by atoms with E-state index in [9.17, 15) is 4.79 Å². The Morgan fingerprint density at radius 2 is 1.73 bits per heavy atom. The van der Waals surface area contributed by atoms with E-state index in [1.807, 2.05) is 0 Å². The molecule has 2 aliphatic heterocycles. The molecular formula is C33H54O4. The van der Waals surface area contributed by atoms with Crippen LogP contribution >= 0.6 is 0 Å². The van der Waals surface area contributed by atoms with E-state index in [0.29, 0.717) is 41.1 Å². The van der Waals surface area contributed by atoms with Gasteiger partial charge < -0.3 is 14.2 Å². The molecule has 2 saturated heterocycles. The second kappa shape index (κ2) is 9.79. The normalized spacial score (nSPS) is 52.7. The van der Waals surface area contributed by atoms with Gasteiger partial charge in [-0.25, -0.2) is 0 Å². The maximum Gasteiger partial charge on any atom is 0.306 e. The Morgan fingerprint density at radius 3 is 2.49 bits per heavy atom. The SMILES string of the molecule is CCCCCC(=O)O[C@@H]1CC[C@@]2(C)[C@H](CC[C@@H]3[C@H]2CC[C@]2(C)[C@@H]4[C@H](C[C@H]32)O[C@]2(CC[C@@H](C)CO2)[C@H]4C)C1. The minimum absolute atomic E-state index is 0.0463. The maximum atomic E-state index is 12.4. The zero-order valence-corrected chi connectivity index (χ0v) is 24.4. The Hall–Kier alpha value is -0.610. The van der Waals surface area contributed by atoms with Crippen LogP contribution in [-0.2, 0) is 19.0 Å². The monoisotopic (exact) mass is 514 g/mol. The summed E-state index contributed by atoms with van der Waals surface area (Å²) in [5.41, 5.74) is 0.818. The van der Waals surface area contributed by atoms with Gasteiger partial charge in [-0.15, -0.1) is 0 Å². The van der Waals surface area contributed by atoms with Crippen molar-refractivity contribution in [3.8, 4) is 0 Å². The molecular weight excluding hydrogens is 460 g/mol. The van der Waals surface area contributed by atoms with Gasteiger partial charge in [0.15, 0.2) is 5.79 Å². The van der Waals surface area contributed by atoms with Gasteiger partial charge in [0.25, 0.3) is 0 Å². The molecule has 4 nitrogen and oxygen atoms in total. The van der Waals surface area contributed by atoms with Crippen molar-refractivity contribution in [2.24, 2.45) is 52.3 Å². The number of fused-ring (bicyclic) bond motifs is 7. The third-order valence-electron chi connectivity index (χ3n) is 13.2. The van der Waals surface area contributed by atoms with E-state index in [2.05, 4.69) is 34.6 Å². The topological polar surface area (TPSA) is 44.8 Å². The molecule has 4 saturated carbocycles. The Labute approximate surface area is 226 Å². The van der Waals surface area contributed by atoms with E-state index in [-0.39, 0.29) is 17.9 Å². The number of esters is 1. The fourth-order valence-electron chi connectivity index (χ4n) is 11.1. The molecule has 0 N–H and O–H groups in total. The highest BCUT2D eigenvalue weighted by Gasteiger charge is 2.69. The van der Waals surface area contributed by atoms with Crippen molar-refractivity contribution in [1.82, 2.24) is 0 Å². The minimum atomic E-state index is -0.303. The number of carbonyl (C=O) groups is 1. The van der Waals surface area contributed by atoms with Crippen molar-refractivity contribution in [2.45, 2.75) is 143 Å². The first-order valence-corrected chi connectivity index (χ1v) is 16.2. The van der Waals surface area contributed by atoms with E-state index in [0.717, 1.165) is 68.8 Å². The standard InChI is InChI=1S/C33H54O4/c1-6-7-8-9-29(34)36-24-13-15-31(4)23(18-24)10-11-25-26(31)14-16-32(5)27(25)19-28-30(32)22(3)33(37-28)17-12-21(2)20-35-33/h21-28,30H,6-20H2,1-5H3/t21-,22+,23-,24-,25-,26-,27-,28+,30+,31+,32+,33-/m1/s1. The average Bonchev–Trinajstić information content (AvgIpc) is 3.31. The predicted molar refractivity (Wildman–Crippen MR) is 146 cm³/mol. The molecule has 6 aliphatic rings. The third kappa shape index (κ3) is 4.25. The van der Waals surface area contributed by atoms with Crippen molar-refractivity contribution in [2.75, 3.05) is 6.61 Å². The van der Waals surface area contributed by atoms with Gasteiger partial charge in [-0.3, -0.25) is 4.79 Å². The van der Waals surface area contributed by atoms with E-state index in [4.69, 9.17) is 14.2 Å². The van der Waals surface area contributed by atoms with Gasteiger partial charge >= 0.3 is 5.97 Å². The van der Waals surface area contributed by atoms with Crippen LogP contribution in [0, 0.1) is 52.3 Å². The number of hydrogen-bond donors (Lipinski definition) is 0. The Balaban J connectivity index is 1.12. The lowest BCUT2D eigenvalue weighted by Crippen LogP contribution is -2.55. The average molecular weight is 515 g/mol. The zero-order chi connectivity index (χ0) is 26.0. The van der Waals surface area contributed by atoms with Crippen LogP contribution in [0.25, 0.3) is 0 Å². The highest BCUT2D eigenvalue weighted by Crippen LogP contribution is 2.71. The van der Waals surface area contributed by atoms with Crippen molar-refractivity contribution in [3.05, 3.63) is 0 Å². The number of carbonyl (C=O) groups excluding carboxylic acids is 1. The van der Waals surface area contributed by atoms with Gasteiger partial charge in [0, 0.05) is 18.8 Å². The van der Waals surface area contributed by atoms with Crippen molar-refractivity contribution in [3.63, 3.8) is 0 Å². The summed E-state index contributed by atoms with van der Waals surface area (Å²) in [5.74, 6) is 4.76. The molecule has 0 aromatic heterocycles. The van der Waals surface area contributed by atoms with Gasteiger partial charge in [-0.05, 0) is 111 Å². The summed E-state index contributed by atoms with van der Waals surface area (Å²) in [4.78, 5) is 12.4. The maximum absolute atomic E-state index is 12.4. The largest absolute Gasteiger partial charge is 0.462 e. The Bertz CT molecular complexity index is 847. The second-order valence-electron chi connectivity index (χ2n) is 15.0. The summed E-state index contributed by atoms with van der Waals surface area (Å²) < 4.78 is 19.5. The summed E-state index contributed by atoms with van der Waals surface area (Å²) in [6.07, 6.45) is 16.8. The number of rotatable bonds is 5. The molecule has 0 bridgehead atoms. The molecule has 6 fully saturated rings. The fraction of sp³-hybridized carbons (Fsp3) is 0.970. The lowest BCUT2D eigenvalue weighted by atomic mass is 9.44. The molecule has 2 heterocycles. The molecule has 0 unspecified atom stereocenters. The van der Waals surface area contributed by atoms with Gasteiger partial charge in [0.1, 0.15) is 6.10 Å². The molecule has 0 amide bonds. The highest BCUT2D eigenvalue weighted by molar-refractivity contribution is 5.69. The number of unbranched alkanes of at least 4 members (excludes halogenated alkanes) is 2. The van der Waals surface area contributed by atoms with Crippen LogP contribution < -0.4 is 0 Å². The van der Waals surface area contributed by atoms with Crippen LogP contribution in [0.2, 0.25) is 0 Å². The molecule has 0 aromatic rings. The predicted octanol–water partition coefficient (Wildman–Crippen LogP) is 7.93. The highest BCUT2D eigenvalue weighted by atomic mass is 16.7. The van der Waals surface area contributed by atoms with Crippen LogP contribution in [0.5, 0.6) is 0 Å².